The van der Waals surface area contributed by atoms with Gasteiger partial charge < -0.3 is 4.43 Å². The molecular formula is C9H18OSi. The van der Waals surface area contributed by atoms with Crippen LogP contribution in [-0.2, 0) is 4.43 Å². The monoisotopic (exact) mass is 170 g/mol. The summed E-state index contributed by atoms with van der Waals surface area (Å²) in [4.78, 5) is 0. The van der Waals surface area contributed by atoms with E-state index in [1.54, 1.807) is 0 Å². The molecule has 0 aromatic carbocycles. The molecule has 0 aromatic rings. The molecule has 11 heavy (non-hydrogen) atoms. The largest absolute Gasteiger partial charge is 0.512 e. The van der Waals surface area contributed by atoms with Gasteiger partial charge >= 0.3 is 0 Å². The fourth-order valence-corrected chi connectivity index (χ4v) is 1.08. The molecule has 2 heteroatoms. The fraction of sp³-hybridized carbons (Fsp3) is 0.778. The van der Waals surface area contributed by atoms with E-state index in [-0.39, 0.29) is 0 Å². The van der Waals surface area contributed by atoms with Crippen molar-refractivity contribution >= 4 is 10.5 Å². The van der Waals surface area contributed by atoms with Crippen molar-refractivity contribution in [1.29, 1.82) is 0 Å². The first-order valence-electron chi connectivity index (χ1n) is 4.42. The van der Waals surface area contributed by atoms with E-state index in [2.05, 4.69) is 19.0 Å². The highest BCUT2D eigenvalue weighted by atomic mass is 28.2. The van der Waals surface area contributed by atoms with Gasteiger partial charge in [-0.25, -0.2) is 0 Å². The summed E-state index contributed by atoms with van der Waals surface area (Å²) in [5.41, 5.74) is 0. The standard InChI is InChI=1S/C9H18OSi/c1-2-3-4-5-6-7-8-9-10-11/h2-7H2,1,11H3. The Bertz CT molecular complexity index is 123. The van der Waals surface area contributed by atoms with Crippen LogP contribution in [0.25, 0.3) is 0 Å². The van der Waals surface area contributed by atoms with Gasteiger partial charge in [-0.2, -0.15) is 0 Å². The second kappa shape index (κ2) is 9.58. The van der Waals surface area contributed by atoms with Gasteiger partial charge in [0.05, 0.1) is 6.11 Å². The molecule has 0 bridgehead atoms. The molecule has 0 N–H and O–H groups in total. The molecule has 0 spiro atoms. The quantitative estimate of drug-likeness (QED) is 0.346. The van der Waals surface area contributed by atoms with Crippen molar-refractivity contribution < 1.29 is 4.43 Å². The lowest BCUT2D eigenvalue weighted by Crippen LogP contribution is -1.76. The van der Waals surface area contributed by atoms with E-state index in [1.807, 2.05) is 0 Å². The SMILES string of the molecule is CCCCCCCC#CO[SiH3]. The molecule has 0 aliphatic heterocycles. The molecule has 0 radical (unpaired) electrons. The van der Waals surface area contributed by atoms with Crippen molar-refractivity contribution in [3.8, 4) is 12.0 Å². The molecule has 1 nitrogen and oxygen atoms in total. The third-order valence-electron chi connectivity index (χ3n) is 1.58. The lowest BCUT2D eigenvalue weighted by molar-refractivity contribution is 0.576. The van der Waals surface area contributed by atoms with Crippen molar-refractivity contribution in [3.05, 3.63) is 0 Å². The van der Waals surface area contributed by atoms with E-state index in [4.69, 9.17) is 4.43 Å². The van der Waals surface area contributed by atoms with Crippen molar-refractivity contribution in [2.45, 2.75) is 45.4 Å². The van der Waals surface area contributed by atoms with Crippen LogP contribution in [0.4, 0.5) is 0 Å². The summed E-state index contributed by atoms with van der Waals surface area (Å²) in [5.74, 6) is 2.97. The smallest absolute Gasteiger partial charge is 0.219 e. The predicted molar refractivity (Wildman–Crippen MR) is 52.2 cm³/mol. The molecule has 0 atom stereocenters. The predicted octanol–water partition coefficient (Wildman–Crippen LogP) is 1.60. The molecule has 0 aliphatic rings. The highest BCUT2D eigenvalue weighted by Crippen LogP contribution is 2.03. The molecule has 0 unspecified atom stereocenters. The zero-order chi connectivity index (χ0) is 8.36. The molecule has 0 fully saturated rings. The van der Waals surface area contributed by atoms with Crippen LogP contribution in [0.3, 0.4) is 0 Å². The average Bonchev–Trinajstić information content (AvgIpc) is 2.03. The molecule has 0 amide bonds. The van der Waals surface area contributed by atoms with Crippen LogP contribution >= 0.6 is 0 Å². The minimum absolute atomic E-state index is 0.736. The van der Waals surface area contributed by atoms with E-state index < -0.39 is 0 Å². The third-order valence-corrected chi connectivity index (χ3v) is 1.78. The third kappa shape index (κ3) is 9.58. The number of unbranched alkanes of at least 4 members (excludes halogenated alkanes) is 5. The first-order valence-corrected chi connectivity index (χ1v) is 5.24. The first-order chi connectivity index (χ1) is 5.41. The van der Waals surface area contributed by atoms with E-state index in [9.17, 15) is 0 Å². The lowest BCUT2D eigenvalue weighted by atomic mass is 10.1. The van der Waals surface area contributed by atoms with Crippen molar-refractivity contribution in [1.82, 2.24) is 0 Å². The maximum absolute atomic E-state index is 4.75. The van der Waals surface area contributed by atoms with Gasteiger partial charge in [-0.1, -0.05) is 38.5 Å². The van der Waals surface area contributed by atoms with Crippen molar-refractivity contribution in [2.24, 2.45) is 0 Å². The van der Waals surface area contributed by atoms with Gasteiger partial charge in [0.1, 0.15) is 0 Å². The summed E-state index contributed by atoms with van der Waals surface area (Å²) in [6, 6.07) is 0. The number of hydrogen-bond donors (Lipinski definition) is 0. The Balaban J connectivity index is 2.90. The van der Waals surface area contributed by atoms with E-state index in [0.717, 1.165) is 16.9 Å². The summed E-state index contributed by atoms with van der Waals surface area (Å²) >= 11 is 0. The maximum atomic E-state index is 4.75. The molecule has 0 heterocycles. The maximum Gasteiger partial charge on any atom is 0.219 e. The summed E-state index contributed by atoms with van der Waals surface area (Å²) in [7, 11) is 0.736. The van der Waals surface area contributed by atoms with Crippen LogP contribution in [0.1, 0.15) is 45.4 Å². The average molecular weight is 170 g/mol. The van der Waals surface area contributed by atoms with Crippen LogP contribution in [0, 0.1) is 12.0 Å². The van der Waals surface area contributed by atoms with Crippen LogP contribution in [-0.4, -0.2) is 10.5 Å². The van der Waals surface area contributed by atoms with Gasteiger partial charge in [-0.3, -0.25) is 0 Å². The summed E-state index contributed by atoms with van der Waals surface area (Å²) in [5, 5.41) is 0. The van der Waals surface area contributed by atoms with Gasteiger partial charge in [0.15, 0.2) is 0 Å². The summed E-state index contributed by atoms with van der Waals surface area (Å²) in [6.07, 6.45) is 10.3. The van der Waals surface area contributed by atoms with Crippen LogP contribution in [0.5, 0.6) is 0 Å². The normalized spacial score (nSPS) is 8.82. The zero-order valence-electron chi connectivity index (χ0n) is 7.65. The van der Waals surface area contributed by atoms with Gasteiger partial charge in [-0.15, -0.1) is 0 Å². The molecule has 0 aromatic heterocycles. The molecule has 0 saturated carbocycles. The van der Waals surface area contributed by atoms with Gasteiger partial charge in [-0.05, 0) is 6.42 Å². The second-order valence-corrected chi connectivity index (χ2v) is 3.06. The second-order valence-electron chi connectivity index (χ2n) is 2.65. The van der Waals surface area contributed by atoms with Crippen LogP contribution < -0.4 is 0 Å². The van der Waals surface area contributed by atoms with Crippen molar-refractivity contribution in [2.75, 3.05) is 0 Å². The van der Waals surface area contributed by atoms with Gasteiger partial charge in [0.25, 0.3) is 0 Å². The number of hydrogen-bond acceptors (Lipinski definition) is 1. The summed E-state index contributed by atoms with van der Waals surface area (Å²) in [6.45, 7) is 2.23. The van der Waals surface area contributed by atoms with Crippen LogP contribution in [0.15, 0.2) is 0 Å². The fourth-order valence-electron chi connectivity index (χ4n) is 0.940. The molecule has 0 aliphatic carbocycles. The minimum atomic E-state index is 0.736. The Hall–Kier alpha value is -0.423. The highest BCUT2D eigenvalue weighted by molar-refractivity contribution is 5.98. The molecular weight excluding hydrogens is 152 g/mol. The van der Waals surface area contributed by atoms with E-state index in [1.165, 1.54) is 32.1 Å². The Labute approximate surface area is 73.1 Å². The van der Waals surface area contributed by atoms with Crippen molar-refractivity contribution in [3.63, 3.8) is 0 Å². The number of rotatable bonds is 5. The van der Waals surface area contributed by atoms with Crippen LogP contribution in [0.2, 0.25) is 0 Å². The highest BCUT2D eigenvalue weighted by Gasteiger charge is 1.85. The van der Waals surface area contributed by atoms with E-state index >= 15 is 0 Å². The lowest BCUT2D eigenvalue weighted by Gasteiger charge is -1.94. The molecule has 0 saturated heterocycles. The van der Waals surface area contributed by atoms with Gasteiger partial charge in [0, 0.05) is 6.42 Å². The molecule has 0 rings (SSSR count). The summed E-state index contributed by atoms with van der Waals surface area (Å²) < 4.78 is 4.75. The Morgan fingerprint density at radius 1 is 1.18 bits per heavy atom. The zero-order valence-corrected chi connectivity index (χ0v) is 9.65. The Kier molecular flexibility index (Phi) is 9.21. The topological polar surface area (TPSA) is 9.23 Å². The van der Waals surface area contributed by atoms with Gasteiger partial charge in [0.2, 0.25) is 10.5 Å². The van der Waals surface area contributed by atoms with E-state index in [0.29, 0.717) is 0 Å². The molecule has 64 valence electrons. The first kappa shape index (κ1) is 10.6. The Morgan fingerprint density at radius 3 is 2.55 bits per heavy atom. The minimum Gasteiger partial charge on any atom is -0.512 e. The Morgan fingerprint density at radius 2 is 1.91 bits per heavy atom.